The van der Waals surface area contributed by atoms with Gasteiger partial charge in [0.15, 0.2) is 0 Å². The van der Waals surface area contributed by atoms with Gasteiger partial charge in [-0.25, -0.2) is 0 Å². The number of carbonyl (C=O) groups is 3. The summed E-state index contributed by atoms with van der Waals surface area (Å²) in [5.41, 5.74) is -0.407. The summed E-state index contributed by atoms with van der Waals surface area (Å²) in [6, 6.07) is 0. The molecule has 5 rings (SSSR count). The standard InChI is InChI=1S/C32H47ClO5/c1-18(2)20-10-15-32(27(36)37)17-16-29(5)21(25(20)32)8-9-22-28(4)13-12-24(38-19(3)34)31(7,26(33)35)23(28)11-14-30(22,29)6/h20-25H,1,8-17H2,2-7H3,(H,36,37)/t20-,21+,22+,23+,24+,25+,28+,29+,30+,31-,32-/m0/s1. The van der Waals surface area contributed by atoms with Crippen LogP contribution in [-0.2, 0) is 19.1 Å². The predicted octanol–water partition coefficient (Wildman–Crippen LogP) is 7.41. The monoisotopic (exact) mass is 546 g/mol. The fraction of sp³-hybridized carbons (Fsp3) is 0.844. The van der Waals surface area contributed by atoms with Gasteiger partial charge in [-0.05, 0) is 135 Å². The van der Waals surface area contributed by atoms with Crippen molar-refractivity contribution in [3.05, 3.63) is 12.2 Å². The molecular formula is C32H47ClO5. The third-order valence-electron chi connectivity index (χ3n) is 13.8. The Morgan fingerprint density at radius 2 is 1.53 bits per heavy atom. The number of esters is 1. The Morgan fingerprint density at radius 3 is 2.11 bits per heavy atom. The van der Waals surface area contributed by atoms with Crippen LogP contribution in [0.5, 0.6) is 0 Å². The molecule has 0 saturated heterocycles. The van der Waals surface area contributed by atoms with Crippen LogP contribution in [0.1, 0.15) is 106 Å². The van der Waals surface area contributed by atoms with Crippen LogP contribution in [0.2, 0.25) is 0 Å². The molecule has 38 heavy (non-hydrogen) atoms. The Labute approximate surface area is 233 Å². The van der Waals surface area contributed by atoms with Gasteiger partial charge >= 0.3 is 11.9 Å². The molecule has 0 bridgehead atoms. The first-order valence-corrected chi connectivity index (χ1v) is 15.2. The van der Waals surface area contributed by atoms with Gasteiger partial charge in [0.25, 0.3) is 0 Å². The molecule has 212 valence electrons. The Bertz CT molecular complexity index is 1070. The third-order valence-corrected chi connectivity index (χ3v) is 14.2. The Kier molecular flexibility index (Phi) is 6.54. The summed E-state index contributed by atoms with van der Waals surface area (Å²) in [7, 11) is 0. The Morgan fingerprint density at radius 1 is 0.842 bits per heavy atom. The SMILES string of the molecule is C=C(C)[C@@H]1CC[C@]2(C(=O)O)CC[C@]3(C)[C@H](CC[C@@H]4[C@@]5(C)CC[C@@H](OC(C)=O)[C@@](C)(C(=O)Cl)[C@@H]5CC[C@]43C)[C@@H]12. The van der Waals surface area contributed by atoms with Crippen molar-refractivity contribution >= 4 is 28.8 Å². The molecule has 0 heterocycles. The van der Waals surface area contributed by atoms with Crippen LogP contribution in [0.15, 0.2) is 12.2 Å². The predicted molar refractivity (Wildman–Crippen MR) is 147 cm³/mol. The van der Waals surface area contributed by atoms with Gasteiger partial charge < -0.3 is 9.84 Å². The highest BCUT2D eigenvalue weighted by atomic mass is 35.5. The molecule has 5 aliphatic rings. The van der Waals surface area contributed by atoms with E-state index in [1.165, 1.54) is 6.92 Å². The number of carboxylic acid groups (broad SMARTS) is 1. The summed E-state index contributed by atoms with van der Waals surface area (Å²) in [5, 5.41) is 10.2. The second kappa shape index (κ2) is 8.82. The van der Waals surface area contributed by atoms with Crippen LogP contribution in [0.25, 0.3) is 0 Å². The Hall–Kier alpha value is -1.36. The lowest BCUT2D eigenvalue weighted by Gasteiger charge is -2.72. The second-order valence-corrected chi connectivity index (χ2v) is 15.2. The average Bonchev–Trinajstić information content (AvgIpc) is 3.22. The fourth-order valence-corrected chi connectivity index (χ4v) is 12.1. The molecule has 11 atom stereocenters. The van der Waals surface area contributed by atoms with Crippen LogP contribution >= 0.6 is 11.6 Å². The van der Waals surface area contributed by atoms with Crippen molar-refractivity contribution < 1.29 is 24.2 Å². The number of carboxylic acids is 1. The number of fused-ring (bicyclic) bond motifs is 7. The van der Waals surface area contributed by atoms with E-state index in [1.807, 2.05) is 6.92 Å². The Balaban J connectivity index is 1.55. The molecule has 0 aromatic rings. The van der Waals surface area contributed by atoms with Crippen molar-refractivity contribution in [2.24, 2.45) is 56.7 Å². The minimum absolute atomic E-state index is 0.0274. The van der Waals surface area contributed by atoms with Crippen molar-refractivity contribution in [1.82, 2.24) is 0 Å². The zero-order valence-electron chi connectivity index (χ0n) is 24.2. The van der Waals surface area contributed by atoms with E-state index in [4.69, 9.17) is 16.3 Å². The number of hydrogen-bond donors (Lipinski definition) is 1. The number of ether oxygens (including phenoxy) is 1. The highest BCUT2D eigenvalue weighted by Crippen LogP contribution is 2.77. The molecule has 5 saturated carbocycles. The maximum atomic E-state index is 13.1. The van der Waals surface area contributed by atoms with Gasteiger partial charge in [-0.1, -0.05) is 32.9 Å². The lowest BCUT2D eigenvalue weighted by molar-refractivity contribution is -0.248. The molecule has 0 aromatic carbocycles. The topological polar surface area (TPSA) is 80.7 Å². The molecular weight excluding hydrogens is 500 g/mol. The minimum Gasteiger partial charge on any atom is -0.481 e. The van der Waals surface area contributed by atoms with Crippen LogP contribution in [0.3, 0.4) is 0 Å². The first-order valence-electron chi connectivity index (χ1n) is 14.9. The summed E-state index contributed by atoms with van der Waals surface area (Å²) in [6.07, 6.45) is 8.41. The second-order valence-electron chi connectivity index (χ2n) is 14.8. The van der Waals surface area contributed by atoms with E-state index in [9.17, 15) is 19.5 Å². The summed E-state index contributed by atoms with van der Waals surface area (Å²) in [5.74, 6) is 0.281. The highest BCUT2D eigenvalue weighted by molar-refractivity contribution is 6.64. The molecule has 0 radical (unpaired) electrons. The highest BCUT2D eigenvalue weighted by Gasteiger charge is 2.73. The zero-order valence-corrected chi connectivity index (χ0v) is 25.0. The molecule has 0 amide bonds. The lowest BCUT2D eigenvalue weighted by atomic mass is 9.32. The van der Waals surface area contributed by atoms with Crippen molar-refractivity contribution in [3.63, 3.8) is 0 Å². The van der Waals surface area contributed by atoms with Crippen molar-refractivity contribution in [2.45, 2.75) is 112 Å². The van der Waals surface area contributed by atoms with Crippen LogP contribution in [0, 0.1) is 56.7 Å². The number of carbonyl (C=O) groups excluding carboxylic acids is 2. The van der Waals surface area contributed by atoms with E-state index in [-0.39, 0.29) is 45.2 Å². The van der Waals surface area contributed by atoms with E-state index < -0.39 is 22.9 Å². The van der Waals surface area contributed by atoms with Crippen LogP contribution < -0.4 is 0 Å². The van der Waals surface area contributed by atoms with Gasteiger partial charge in [-0.2, -0.15) is 0 Å². The molecule has 6 heteroatoms. The normalized spacial score (nSPS) is 51.6. The fourth-order valence-electron chi connectivity index (χ4n) is 11.8. The maximum Gasteiger partial charge on any atom is 0.309 e. The molecule has 0 unspecified atom stereocenters. The first kappa shape index (κ1) is 28.2. The smallest absolute Gasteiger partial charge is 0.309 e. The zero-order chi connectivity index (χ0) is 28.1. The van der Waals surface area contributed by atoms with Crippen molar-refractivity contribution in [2.75, 3.05) is 0 Å². The molecule has 5 aliphatic carbocycles. The van der Waals surface area contributed by atoms with Gasteiger partial charge in [0.1, 0.15) is 6.10 Å². The quantitative estimate of drug-likeness (QED) is 0.225. The van der Waals surface area contributed by atoms with E-state index in [0.29, 0.717) is 18.3 Å². The van der Waals surface area contributed by atoms with E-state index in [1.54, 1.807) is 0 Å². The molecule has 5 nitrogen and oxygen atoms in total. The van der Waals surface area contributed by atoms with Gasteiger partial charge in [0, 0.05) is 6.92 Å². The summed E-state index contributed by atoms with van der Waals surface area (Å²) >= 11 is 6.36. The van der Waals surface area contributed by atoms with Crippen molar-refractivity contribution in [3.8, 4) is 0 Å². The first-order chi connectivity index (χ1) is 17.6. The van der Waals surface area contributed by atoms with Gasteiger partial charge in [0.05, 0.1) is 10.8 Å². The molecule has 5 fully saturated rings. The minimum atomic E-state index is -0.902. The number of halogens is 1. The van der Waals surface area contributed by atoms with E-state index in [0.717, 1.165) is 63.4 Å². The number of hydrogen-bond acceptors (Lipinski definition) is 4. The molecule has 0 aliphatic heterocycles. The number of aliphatic carboxylic acids is 1. The summed E-state index contributed by atoms with van der Waals surface area (Å²) in [4.78, 5) is 37.9. The summed E-state index contributed by atoms with van der Waals surface area (Å²) in [6.45, 7) is 17.1. The number of allylic oxidation sites excluding steroid dienone is 1. The van der Waals surface area contributed by atoms with Crippen molar-refractivity contribution in [1.29, 1.82) is 0 Å². The maximum absolute atomic E-state index is 13.1. The number of rotatable bonds is 4. The molecule has 1 N–H and O–H groups in total. The van der Waals surface area contributed by atoms with Gasteiger partial charge in [0.2, 0.25) is 5.24 Å². The third kappa shape index (κ3) is 3.38. The van der Waals surface area contributed by atoms with Gasteiger partial charge in [-0.3, -0.25) is 14.4 Å². The average molecular weight is 547 g/mol. The largest absolute Gasteiger partial charge is 0.481 e. The van der Waals surface area contributed by atoms with E-state index in [2.05, 4.69) is 34.3 Å². The van der Waals surface area contributed by atoms with Gasteiger partial charge in [-0.15, -0.1) is 0 Å². The van der Waals surface area contributed by atoms with Crippen LogP contribution in [-0.4, -0.2) is 28.4 Å². The molecule has 0 aromatic heterocycles. The molecule has 0 spiro atoms. The lowest BCUT2D eigenvalue weighted by Crippen LogP contribution is -2.68. The van der Waals surface area contributed by atoms with Crippen LogP contribution in [0.4, 0.5) is 0 Å². The summed E-state index contributed by atoms with van der Waals surface area (Å²) < 4.78 is 5.74. The van der Waals surface area contributed by atoms with E-state index >= 15 is 0 Å².